The van der Waals surface area contributed by atoms with Gasteiger partial charge in [0.05, 0.1) is 26.4 Å². The molecule has 1 saturated heterocycles. The van der Waals surface area contributed by atoms with E-state index in [1.165, 1.54) is 0 Å². The van der Waals surface area contributed by atoms with E-state index in [9.17, 15) is 0 Å². The van der Waals surface area contributed by atoms with Gasteiger partial charge in [-0.2, -0.15) is 0 Å². The normalized spacial score (nSPS) is 24.4. The minimum Gasteiger partial charge on any atom is -0.382 e. The highest BCUT2D eigenvalue weighted by atomic mass is 16.5. The van der Waals surface area contributed by atoms with Crippen molar-refractivity contribution in [3.05, 3.63) is 0 Å². The van der Waals surface area contributed by atoms with E-state index in [4.69, 9.17) is 14.2 Å². The van der Waals surface area contributed by atoms with E-state index < -0.39 is 0 Å². The molecule has 4 heteroatoms. The third kappa shape index (κ3) is 4.47. The molecule has 1 heterocycles. The summed E-state index contributed by atoms with van der Waals surface area (Å²) in [4.78, 5) is 2.35. The van der Waals surface area contributed by atoms with E-state index in [1.54, 1.807) is 7.11 Å². The second-order valence-electron chi connectivity index (χ2n) is 4.05. The molecule has 1 rings (SSSR count). The van der Waals surface area contributed by atoms with Crippen LogP contribution in [0.25, 0.3) is 0 Å². The molecule has 0 aromatic carbocycles. The summed E-state index contributed by atoms with van der Waals surface area (Å²) < 4.78 is 16.2. The second kappa shape index (κ2) is 7.17. The van der Waals surface area contributed by atoms with Gasteiger partial charge in [-0.05, 0) is 13.8 Å². The SMILES string of the molecule is COCCOC1CCOCCN1C(C)C. The molecule has 1 fully saturated rings. The fourth-order valence-corrected chi connectivity index (χ4v) is 1.80. The molecule has 15 heavy (non-hydrogen) atoms. The Morgan fingerprint density at radius 1 is 1.33 bits per heavy atom. The number of nitrogens with zero attached hydrogens (tertiary/aromatic N) is 1. The van der Waals surface area contributed by atoms with Crippen molar-refractivity contribution in [2.24, 2.45) is 0 Å². The monoisotopic (exact) mass is 217 g/mol. The molecule has 4 nitrogen and oxygen atoms in total. The van der Waals surface area contributed by atoms with Crippen molar-refractivity contribution in [2.75, 3.05) is 40.1 Å². The summed E-state index contributed by atoms with van der Waals surface area (Å²) in [5.74, 6) is 0. The molecule has 1 atom stereocenters. The van der Waals surface area contributed by atoms with E-state index in [0.717, 1.165) is 26.2 Å². The van der Waals surface area contributed by atoms with Crippen molar-refractivity contribution in [1.29, 1.82) is 0 Å². The molecule has 0 radical (unpaired) electrons. The Bertz CT molecular complexity index is 164. The lowest BCUT2D eigenvalue weighted by Crippen LogP contribution is -2.43. The number of ether oxygens (including phenoxy) is 3. The Kier molecular flexibility index (Phi) is 6.17. The first-order valence-corrected chi connectivity index (χ1v) is 5.69. The molecule has 1 aliphatic heterocycles. The van der Waals surface area contributed by atoms with Gasteiger partial charge in [0.1, 0.15) is 6.23 Å². The van der Waals surface area contributed by atoms with Crippen molar-refractivity contribution in [3.8, 4) is 0 Å². The molecule has 0 saturated carbocycles. The van der Waals surface area contributed by atoms with Gasteiger partial charge in [0.25, 0.3) is 0 Å². The molecule has 0 aliphatic carbocycles. The van der Waals surface area contributed by atoms with Gasteiger partial charge in [0.2, 0.25) is 0 Å². The fraction of sp³-hybridized carbons (Fsp3) is 1.00. The van der Waals surface area contributed by atoms with Crippen LogP contribution in [0, 0.1) is 0 Å². The highest BCUT2D eigenvalue weighted by Crippen LogP contribution is 2.13. The van der Waals surface area contributed by atoms with Crippen LogP contribution >= 0.6 is 0 Å². The lowest BCUT2D eigenvalue weighted by Gasteiger charge is -2.32. The molecule has 1 unspecified atom stereocenters. The van der Waals surface area contributed by atoms with E-state index in [2.05, 4.69) is 18.7 Å². The van der Waals surface area contributed by atoms with E-state index >= 15 is 0 Å². The third-order valence-electron chi connectivity index (χ3n) is 2.63. The van der Waals surface area contributed by atoms with E-state index in [-0.39, 0.29) is 6.23 Å². The summed E-state index contributed by atoms with van der Waals surface area (Å²) in [5, 5.41) is 0. The van der Waals surface area contributed by atoms with Crippen LogP contribution in [0.2, 0.25) is 0 Å². The quantitative estimate of drug-likeness (QED) is 0.645. The lowest BCUT2D eigenvalue weighted by molar-refractivity contribution is -0.0823. The summed E-state index contributed by atoms with van der Waals surface area (Å²) in [6.07, 6.45) is 1.13. The first-order valence-electron chi connectivity index (χ1n) is 5.69. The fourth-order valence-electron chi connectivity index (χ4n) is 1.80. The number of rotatable bonds is 5. The first-order chi connectivity index (χ1) is 7.25. The molecule has 0 spiro atoms. The van der Waals surface area contributed by atoms with Crippen molar-refractivity contribution in [1.82, 2.24) is 4.90 Å². The summed E-state index contributed by atoms with van der Waals surface area (Å²) in [6.45, 7) is 8.25. The van der Waals surface area contributed by atoms with E-state index in [0.29, 0.717) is 19.3 Å². The van der Waals surface area contributed by atoms with Gasteiger partial charge in [0.15, 0.2) is 0 Å². The lowest BCUT2D eigenvalue weighted by atomic mass is 10.2. The zero-order valence-electron chi connectivity index (χ0n) is 10.1. The van der Waals surface area contributed by atoms with Crippen molar-refractivity contribution in [2.45, 2.75) is 32.5 Å². The van der Waals surface area contributed by atoms with Crippen molar-refractivity contribution < 1.29 is 14.2 Å². The van der Waals surface area contributed by atoms with Gasteiger partial charge in [-0.15, -0.1) is 0 Å². The van der Waals surface area contributed by atoms with Crippen LogP contribution in [0.3, 0.4) is 0 Å². The maximum Gasteiger partial charge on any atom is 0.113 e. The van der Waals surface area contributed by atoms with Gasteiger partial charge < -0.3 is 14.2 Å². The number of hydrogen-bond acceptors (Lipinski definition) is 4. The molecule has 90 valence electrons. The Labute approximate surface area is 92.5 Å². The van der Waals surface area contributed by atoms with Crippen LogP contribution in [0.4, 0.5) is 0 Å². The maximum atomic E-state index is 5.80. The minimum absolute atomic E-state index is 0.183. The van der Waals surface area contributed by atoms with Crippen LogP contribution in [0.15, 0.2) is 0 Å². The highest BCUT2D eigenvalue weighted by Gasteiger charge is 2.23. The molecule has 1 aliphatic rings. The maximum absolute atomic E-state index is 5.80. The van der Waals surface area contributed by atoms with Crippen molar-refractivity contribution in [3.63, 3.8) is 0 Å². The highest BCUT2D eigenvalue weighted by molar-refractivity contribution is 4.70. The Morgan fingerprint density at radius 2 is 2.13 bits per heavy atom. The summed E-state index contributed by atoms with van der Waals surface area (Å²) in [7, 11) is 1.69. The third-order valence-corrected chi connectivity index (χ3v) is 2.63. The topological polar surface area (TPSA) is 30.9 Å². The van der Waals surface area contributed by atoms with Gasteiger partial charge in [-0.1, -0.05) is 0 Å². The Hall–Kier alpha value is -0.160. The summed E-state index contributed by atoms with van der Waals surface area (Å²) in [5.41, 5.74) is 0. The predicted molar refractivity (Wildman–Crippen MR) is 58.9 cm³/mol. The molecule has 0 amide bonds. The average molecular weight is 217 g/mol. The number of methoxy groups -OCH3 is 1. The smallest absolute Gasteiger partial charge is 0.113 e. The molecule has 0 N–H and O–H groups in total. The predicted octanol–water partition coefficient (Wildman–Crippen LogP) is 1.11. The van der Waals surface area contributed by atoms with Gasteiger partial charge in [0, 0.05) is 26.1 Å². The van der Waals surface area contributed by atoms with Crippen LogP contribution in [-0.2, 0) is 14.2 Å². The van der Waals surface area contributed by atoms with E-state index in [1.807, 2.05) is 0 Å². The minimum atomic E-state index is 0.183. The van der Waals surface area contributed by atoms with Crippen LogP contribution < -0.4 is 0 Å². The summed E-state index contributed by atoms with van der Waals surface area (Å²) >= 11 is 0. The van der Waals surface area contributed by atoms with Gasteiger partial charge in [-0.3, -0.25) is 4.90 Å². The molecular weight excluding hydrogens is 194 g/mol. The molecular formula is C11H23NO3. The zero-order chi connectivity index (χ0) is 11.1. The molecule has 0 aromatic heterocycles. The van der Waals surface area contributed by atoms with Gasteiger partial charge in [-0.25, -0.2) is 0 Å². The van der Waals surface area contributed by atoms with Crippen LogP contribution in [0.1, 0.15) is 20.3 Å². The zero-order valence-corrected chi connectivity index (χ0v) is 10.1. The standard InChI is InChI=1S/C11H23NO3/c1-10(2)12-5-7-14-6-4-11(12)15-9-8-13-3/h10-11H,4-9H2,1-3H3. The van der Waals surface area contributed by atoms with Crippen molar-refractivity contribution >= 4 is 0 Å². The first kappa shape index (κ1) is 12.9. The number of hydrogen-bond donors (Lipinski definition) is 0. The van der Waals surface area contributed by atoms with Crippen LogP contribution in [0.5, 0.6) is 0 Å². The van der Waals surface area contributed by atoms with Crippen LogP contribution in [-0.4, -0.2) is 57.3 Å². The Balaban J connectivity index is 2.39. The average Bonchev–Trinajstić information content (AvgIpc) is 2.43. The summed E-state index contributed by atoms with van der Waals surface area (Å²) in [6, 6.07) is 0.499. The Morgan fingerprint density at radius 3 is 2.80 bits per heavy atom. The van der Waals surface area contributed by atoms with Gasteiger partial charge >= 0.3 is 0 Å². The largest absolute Gasteiger partial charge is 0.382 e. The molecule has 0 bridgehead atoms. The second-order valence-corrected chi connectivity index (χ2v) is 4.05. The molecule has 0 aromatic rings.